The highest BCUT2D eigenvalue weighted by Gasteiger charge is 2.08. The lowest BCUT2D eigenvalue weighted by Crippen LogP contribution is -2.19. The van der Waals surface area contributed by atoms with E-state index >= 15 is 0 Å². The first kappa shape index (κ1) is 10.5. The molecule has 0 bridgehead atoms. The molecule has 0 rings (SSSR count). The molecule has 0 spiro atoms. The van der Waals surface area contributed by atoms with Gasteiger partial charge in [0.15, 0.2) is 0 Å². The molecule has 68 valence electrons. The van der Waals surface area contributed by atoms with Crippen molar-refractivity contribution in [2.24, 2.45) is 5.29 Å². The lowest BCUT2D eigenvalue weighted by atomic mass is 10.2. The molecule has 0 unspecified atom stereocenters. The number of rotatable bonds is 5. The molecule has 12 heavy (non-hydrogen) atoms. The van der Waals surface area contributed by atoms with Gasteiger partial charge in [0.1, 0.15) is 0 Å². The summed E-state index contributed by atoms with van der Waals surface area (Å²) in [4.78, 5) is 30.6. The predicted octanol–water partition coefficient (Wildman–Crippen LogP) is 0.381. The molecule has 0 aliphatic carbocycles. The summed E-state index contributed by atoms with van der Waals surface area (Å²) < 4.78 is 0. The van der Waals surface area contributed by atoms with Crippen LogP contribution < -0.4 is 0 Å². The van der Waals surface area contributed by atoms with Gasteiger partial charge in [-0.25, -0.2) is 5.01 Å². The second kappa shape index (κ2) is 5.22. The first-order chi connectivity index (χ1) is 5.57. The summed E-state index contributed by atoms with van der Waals surface area (Å²) >= 11 is 0. The molecule has 0 saturated heterocycles. The number of hydrogen-bond donors (Lipinski definition) is 1. The van der Waals surface area contributed by atoms with Crippen molar-refractivity contribution in [2.75, 3.05) is 7.05 Å². The Labute approximate surface area is 69.1 Å². The molecule has 6 heteroatoms. The van der Waals surface area contributed by atoms with Gasteiger partial charge in [0, 0.05) is 19.9 Å². The van der Waals surface area contributed by atoms with E-state index in [9.17, 15) is 14.5 Å². The molecule has 0 aliphatic heterocycles. The van der Waals surface area contributed by atoms with E-state index in [0.29, 0.717) is 5.01 Å². The number of carboxylic acids is 1. The van der Waals surface area contributed by atoms with Crippen molar-refractivity contribution in [3.05, 3.63) is 4.91 Å². The van der Waals surface area contributed by atoms with Crippen molar-refractivity contribution in [2.45, 2.75) is 19.3 Å². The van der Waals surface area contributed by atoms with Gasteiger partial charge in [0.25, 0.3) is 0 Å². The van der Waals surface area contributed by atoms with E-state index in [-0.39, 0.29) is 19.3 Å². The van der Waals surface area contributed by atoms with E-state index in [0.717, 1.165) is 0 Å². The Balaban J connectivity index is 3.57. The molecule has 0 saturated carbocycles. The molecule has 0 atom stereocenters. The Morgan fingerprint density at radius 2 is 2.00 bits per heavy atom. The summed E-state index contributed by atoms with van der Waals surface area (Å²) in [5.74, 6) is -1.42. The van der Waals surface area contributed by atoms with E-state index in [1.165, 1.54) is 7.05 Å². The van der Waals surface area contributed by atoms with Crippen LogP contribution in [-0.4, -0.2) is 29.0 Å². The zero-order valence-corrected chi connectivity index (χ0v) is 6.69. The number of hydrogen-bond acceptors (Lipinski definition) is 4. The maximum Gasteiger partial charge on any atom is 0.303 e. The van der Waals surface area contributed by atoms with Crippen molar-refractivity contribution < 1.29 is 14.7 Å². The maximum absolute atomic E-state index is 10.8. The van der Waals surface area contributed by atoms with Gasteiger partial charge in [0.2, 0.25) is 5.91 Å². The molecule has 0 heterocycles. The standard InChI is InChI=1S/C6H10N2O4/c1-8(7-12)5(9)3-2-4-6(10)11/h2-4H2,1H3,(H,10,11). The van der Waals surface area contributed by atoms with E-state index in [1.54, 1.807) is 0 Å². The van der Waals surface area contributed by atoms with Crippen molar-refractivity contribution in [1.82, 2.24) is 5.01 Å². The van der Waals surface area contributed by atoms with Gasteiger partial charge in [-0.2, -0.15) is 0 Å². The predicted molar refractivity (Wildman–Crippen MR) is 40.1 cm³/mol. The molecule has 0 aromatic carbocycles. The molecule has 0 aliphatic rings. The number of nitrogens with zero attached hydrogens (tertiary/aromatic N) is 2. The average molecular weight is 174 g/mol. The fraction of sp³-hybridized carbons (Fsp3) is 0.667. The van der Waals surface area contributed by atoms with Crippen LogP contribution in [0, 0.1) is 4.91 Å². The van der Waals surface area contributed by atoms with Crippen molar-refractivity contribution >= 4 is 11.9 Å². The van der Waals surface area contributed by atoms with Crippen molar-refractivity contribution in [3.63, 3.8) is 0 Å². The van der Waals surface area contributed by atoms with Crippen molar-refractivity contribution in [1.29, 1.82) is 0 Å². The fourth-order valence-electron chi connectivity index (χ4n) is 0.598. The monoisotopic (exact) mass is 174 g/mol. The summed E-state index contributed by atoms with van der Waals surface area (Å²) in [5, 5.41) is 11.2. The minimum absolute atomic E-state index is 0.0362. The van der Waals surface area contributed by atoms with Gasteiger partial charge in [0.05, 0.1) is 5.29 Å². The van der Waals surface area contributed by atoms with Crippen LogP contribution in [0.25, 0.3) is 0 Å². The van der Waals surface area contributed by atoms with Gasteiger partial charge >= 0.3 is 5.97 Å². The topological polar surface area (TPSA) is 87.0 Å². The number of aliphatic carboxylic acids is 1. The SMILES string of the molecule is CN(N=O)C(=O)CCCC(=O)O. The van der Waals surface area contributed by atoms with Crippen LogP contribution >= 0.6 is 0 Å². The van der Waals surface area contributed by atoms with Gasteiger partial charge < -0.3 is 5.11 Å². The highest BCUT2D eigenvalue weighted by atomic mass is 16.4. The van der Waals surface area contributed by atoms with Gasteiger partial charge in [-0.3, -0.25) is 9.59 Å². The highest BCUT2D eigenvalue weighted by Crippen LogP contribution is 1.99. The zero-order valence-electron chi connectivity index (χ0n) is 6.69. The number of carbonyl (C=O) groups is 2. The summed E-state index contributed by atoms with van der Waals surface area (Å²) in [5.41, 5.74) is 0. The molecule has 6 nitrogen and oxygen atoms in total. The normalized spacial score (nSPS) is 9.08. The summed E-state index contributed by atoms with van der Waals surface area (Å²) in [6, 6.07) is 0. The molecule has 0 radical (unpaired) electrons. The summed E-state index contributed by atoms with van der Waals surface area (Å²) in [6.07, 6.45) is 0.195. The van der Waals surface area contributed by atoms with E-state index in [2.05, 4.69) is 5.29 Å². The summed E-state index contributed by atoms with van der Waals surface area (Å²) in [7, 11) is 1.23. The Morgan fingerprint density at radius 1 is 1.42 bits per heavy atom. The van der Waals surface area contributed by atoms with Crippen LogP contribution in [0.4, 0.5) is 0 Å². The van der Waals surface area contributed by atoms with E-state index < -0.39 is 11.9 Å². The van der Waals surface area contributed by atoms with E-state index in [4.69, 9.17) is 5.11 Å². The van der Waals surface area contributed by atoms with Gasteiger partial charge in [-0.15, -0.1) is 4.91 Å². The quantitative estimate of drug-likeness (QED) is 0.482. The van der Waals surface area contributed by atoms with Crippen LogP contribution in [0.2, 0.25) is 0 Å². The molecule has 1 N–H and O–H groups in total. The molecular weight excluding hydrogens is 164 g/mol. The van der Waals surface area contributed by atoms with Gasteiger partial charge in [-0.05, 0) is 6.42 Å². The number of carbonyl (C=O) groups excluding carboxylic acids is 1. The van der Waals surface area contributed by atoms with Gasteiger partial charge in [-0.1, -0.05) is 0 Å². The Bertz CT molecular complexity index is 192. The lowest BCUT2D eigenvalue weighted by Gasteiger charge is -2.04. The van der Waals surface area contributed by atoms with Crippen LogP contribution in [0.5, 0.6) is 0 Å². The second-order valence-electron chi connectivity index (χ2n) is 2.25. The number of amides is 1. The van der Waals surface area contributed by atoms with Crippen molar-refractivity contribution in [3.8, 4) is 0 Å². The van der Waals surface area contributed by atoms with Crippen LogP contribution in [-0.2, 0) is 9.59 Å². The first-order valence-corrected chi connectivity index (χ1v) is 3.39. The lowest BCUT2D eigenvalue weighted by molar-refractivity contribution is -0.137. The summed E-state index contributed by atoms with van der Waals surface area (Å²) in [6.45, 7) is 0. The molecule has 0 fully saturated rings. The largest absolute Gasteiger partial charge is 0.481 e. The van der Waals surface area contributed by atoms with E-state index in [1.807, 2.05) is 0 Å². The zero-order chi connectivity index (χ0) is 9.56. The van der Waals surface area contributed by atoms with Crippen LogP contribution in [0.1, 0.15) is 19.3 Å². The fourth-order valence-corrected chi connectivity index (χ4v) is 0.598. The molecule has 1 amide bonds. The highest BCUT2D eigenvalue weighted by molar-refractivity contribution is 5.76. The molecule has 0 aromatic rings. The first-order valence-electron chi connectivity index (χ1n) is 3.39. The maximum atomic E-state index is 10.8. The second-order valence-corrected chi connectivity index (χ2v) is 2.25. The molecule has 0 aromatic heterocycles. The Kier molecular flexibility index (Phi) is 4.59. The molecular formula is C6H10N2O4. The third-order valence-electron chi connectivity index (χ3n) is 1.26. The number of nitroso groups, excluding NO2 is 1. The van der Waals surface area contributed by atoms with Crippen LogP contribution in [0.15, 0.2) is 5.29 Å². The third kappa shape index (κ3) is 4.37. The third-order valence-corrected chi connectivity index (χ3v) is 1.26. The average Bonchev–Trinajstić information content (AvgIpc) is 2.02. The van der Waals surface area contributed by atoms with Crippen LogP contribution in [0.3, 0.4) is 0 Å². The smallest absolute Gasteiger partial charge is 0.303 e. The minimum Gasteiger partial charge on any atom is -0.481 e. The minimum atomic E-state index is -0.954. The Morgan fingerprint density at radius 3 is 2.42 bits per heavy atom. The number of carboxylic acid groups (broad SMARTS) is 1. The Hall–Kier alpha value is -1.46.